The number of carbonyl (C=O) groups excluding carboxylic acids is 1. The molecule has 1 heterocycles. The molecule has 2 saturated carbocycles. The first-order valence-corrected chi connectivity index (χ1v) is 8.96. The van der Waals surface area contributed by atoms with Gasteiger partial charge in [-0.2, -0.15) is 0 Å². The number of benzene rings is 1. The fourth-order valence-electron chi connectivity index (χ4n) is 5.15. The maximum absolute atomic E-state index is 12.3. The fourth-order valence-corrected chi connectivity index (χ4v) is 5.15. The Morgan fingerprint density at radius 2 is 2.13 bits per heavy atom. The Hall–Kier alpha value is -1.51. The minimum absolute atomic E-state index is 0.0945. The van der Waals surface area contributed by atoms with Crippen molar-refractivity contribution >= 4 is 5.78 Å². The highest BCUT2D eigenvalue weighted by molar-refractivity contribution is 5.87. The highest BCUT2D eigenvalue weighted by Crippen LogP contribution is 2.59. The summed E-state index contributed by atoms with van der Waals surface area (Å²) in [5.41, 5.74) is 1.22. The van der Waals surface area contributed by atoms with E-state index in [0.717, 1.165) is 43.8 Å². The van der Waals surface area contributed by atoms with Crippen LogP contribution in [0.3, 0.4) is 0 Å². The Morgan fingerprint density at radius 1 is 1.30 bits per heavy atom. The lowest BCUT2D eigenvalue weighted by molar-refractivity contribution is -0.129. The predicted octanol–water partition coefficient (Wildman–Crippen LogP) is 4.35. The maximum atomic E-state index is 12.3. The lowest BCUT2D eigenvalue weighted by Gasteiger charge is -2.47. The lowest BCUT2D eigenvalue weighted by Crippen LogP contribution is -2.44. The van der Waals surface area contributed by atoms with Crippen molar-refractivity contribution < 1.29 is 14.3 Å². The van der Waals surface area contributed by atoms with Gasteiger partial charge in [-0.15, -0.1) is 0 Å². The third kappa shape index (κ3) is 2.28. The first-order valence-electron chi connectivity index (χ1n) is 8.96. The Bertz CT molecular complexity index is 636. The zero-order valence-electron chi connectivity index (χ0n) is 14.3. The molecule has 0 N–H and O–H groups in total. The van der Waals surface area contributed by atoms with E-state index in [0.29, 0.717) is 23.5 Å². The van der Waals surface area contributed by atoms with Gasteiger partial charge in [0, 0.05) is 23.8 Å². The Morgan fingerprint density at radius 3 is 2.91 bits per heavy atom. The van der Waals surface area contributed by atoms with Gasteiger partial charge in [0.25, 0.3) is 0 Å². The van der Waals surface area contributed by atoms with Crippen LogP contribution in [-0.2, 0) is 4.79 Å². The van der Waals surface area contributed by atoms with E-state index in [2.05, 4.69) is 19.1 Å². The first kappa shape index (κ1) is 15.0. The molecule has 0 spiro atoms. The number of ketones is 1. The fraction of sp³-hybridized carbons (Fsp3) is 0.650. The van der Waals surface area contributed by atoms with Crippen LogP contribution in [0, 0.1) is 17.3 Å². The van der Waals surface area contributed by atoms with Gasteiger partial charge in [-0.25, -0.2) is 0 Å². The van der Waals surface area contributed by atoms with Gasteiger partial charge < -0.3 is 9.47 Å². The van der Waals surface area contributed by atoms with Crippen molar-refractivity contribution in [1.29, 1.82) is 0 Å². The van der Waals surface area contributed by atoms with Gasteiger partial charge in [0.05, 0.1) is 12.7 Å². The summed E-state index contributed by atoms with van der Waals surface area (Å²) in [4.78, 5) is 12.3. The van der Waals surface area contributed by atoms with Crippen LogP contribution in [0.1, 0.15) is 57.9 Å². The molecule has 4 rings (SSSR count). The summed E-state index contributed by atoms with van der Waals surface area (Å²) in [7, 11) is 0. The van der Waals surface area contributed by atoms with Crippen LogP contribution in [0.25, 0.3) is 0 Å². The van der Waals surface area contributed by atoms with Crippen LogP contribution < -0.4 is 9.47 Å². The Balaban J connectivity index is 1.63. The van der Waals surface area contributed by atoms with E-state index in [1.807, 2.05) is 19.9 Å². The summed E-state index contributed by atoms with van der Waals surface area (Å²) in [6.07, 6.45) is 4.11. The highest BCUT2D eigenvalue weighted by Gasteiger charge is 2.55. The molecule has 0 amide bonds. The molecule has 2 fully saturated rings. The van der Waals surface area contributed by atoms with Crippen LogP contribution in [0.5, 0.6) is 11.5 Å². The second-order valence-electron chi connectivity index (χ2n) is 7.97. The molecular weight excluding hydrogens is 288 g/mol. The smallest absolute Gasteiger partial charge is 0.139 e. The second kappa shape index (κ2) is 5.25. The number of Topliss-reactive ketones (excluding diaryl/α,β-unsaturated/α-hetero) is 1. The highest BCUT2D eigenvalue weighted by atomic mass is 16.5. The molecule has 0 bridgehead atoms. The molecule has 0 unspecified atom stereocenters. The molecule has 124 valence electrons. The summed E-state index contributed by atoms with van der Waals surface area (Å²) >= 11 is 0. The van der Waals surface area contributed by atoms with Crippen LogP contribution in [-0.4, -0.2) is 18.5 Å². The minimum Gasteiger partial charge on any atom is -0.493 e. The maximum Gasteiger partial charge on any atom is 0.139 e. The van der Waals surface area contributed by atoms with E-state index in [-0.39, 0.29) is 11.5 Å². The molecular formula is C20H26O3. The number of rotatable bonds is 2. The topological polar surface area (TPSA) is 35.5 Å². The van der Waals surface area contributed by atoms with Crippen molar-refractivity contribution in [2.24, 2.45) is 17.3 Å². The van der Waals surface area contributed by atoms with Crippen LogP contribution in [0.4, 0.5) is 0 Å². The molecule has 0 saturated heterocycles. The second-order valence-corrected chi connectivity index (χ2v) is 7.97. The number of hydrogen-bond acceptors (Lipinski definition) is 3. The van der Waals surface area contributed by atoms with Gasteiger partial charge in [0.15, 0.2) is 0 Å². The van der Waals surface area contributed by atoms with Crippen LogP contribution in [0.15, 0.2) is 18.2 Å². The summed E-state index contributed by atoms with van der Waals surface area (Å²) in [5, 5.41) is 0. The van der Waals surface area contributed by atoms with Gasteiger partial charge in [0.1, 0.15) is 17.3 Å². The van der Waals surface area contributed by atoms with Crippen molar-refractivity contribution in [3.8, 4) is 11.5 Å². The standard InChI is InChI=1S/C20H26O3/c1-12(2)23-13-4-5-15-14-8-9-20(3)17(6-7-19(20)21)16(14)11-22-18(15)10-13/h4-5,10,12,14,16-17H,6-9,11H2,1-3H3/t14-,16-,17+,20+/m1/s1. The summed E-state index contributed by atoms with van der Waals surface area (Å²) in [5.74, 6) is 3.87. The zero-order chi connectivity index (χ0) is 16.2. The van der Waals surface area contributed by atoms with E-state index < -0.39 is 0 Å². The van der Waals surface area contributed by atoms with Crippen LogP contribution >= 0.6 is 0 Å². The van der Waals surface area contributed by atoms with Crippen molar-refractivity contribution in [3.05, 3.63) is 23.8 Å². The normalized spacial score (nSPS) is 35.3. The van der Waals surface area contributed by atoms with Gasteiger partial charge in [-0.05, 0) is 56.6 Å². The minimum atomic E-state index is -0.0945. The van der Waals surface area contributed by atoms with E-state index in [9.17, 15) is 4.79 Å². The molecule has 4 atom stereocenters. The predicted molar refractivity (Wildman–Crippen MR) is 89.0 cm³/mol. The Labute approximate surface area is 138 Å². The van der Waals surface area contributed by atoms with Crippen molar-refractivity contribution in [2.75, 3.05) is 6.61 Å². The average Bonchev–Trinajstić information content (AvgIpc) is 2.82. The molecule has 1 aromatic carbocycles. The molecule has 23 heavy (non-hydrogen) atoms. The molecule has 0 aromatic heterocycles. The van der Waals surface area contributed by atoms with E-state index in [1.165, 1.54) is 5.56 Å². The van der Waals surface area contributed by atoms with E-state index >= 15 is 0 Å². The summed E-state index contributed by atoms with van der Waals surface area (Å²) < 4.78 is 11.9. The largest absolute Gasteiger partial charge is 0.493 e. The van der Waals surface area contributed by atoms with Crippen molar-refractivity contribution in [3.63, 3.8) is 0 Å². The van der Waals surface area contributed by atoms with Crippen molar-refractivity contribution in [1.82, 2.24) is 0 Å². The molecule has 1 aromatic rings. The van der Waals surface area contributed by atoms with Crippen molar-refractivity contribution in [2.45, 2.75) is 58.5 Å². The van der Waals surface area contributed by atoms with Crippen LogP contribution in [0.2, 0.25) is 0 Å². The third-order valence-corrected chi connectivity index (χ3v) is 6.33. The summed E-state index contributed by atoms with van der Waals surface area (Å²) in [6, 6.07) is 6.29. The molecule has 3 aliphatic rings. The monoisotopic (exact) mass is 314 g/mol. The van der Waals surface area contributed by atoms with Gasteiger partial charge in [-0.3, -0.25) is 4.79 Å². The molecule has 3 heteroatoms. The molecule has 1 aliphatic heterocycles. The van der Waals surface area contributed by atoms with E-state index in [4.69, 9.17) is 9.47 Å². The summed E-state index contributed by atoms with van der Waals surface area (Å²) in [6.45, 7) is 7.01. The number of carbonyl (C=O) groups is 1. The first-order chi connectivity index (χ1) is 11.0. The molecule has 3 nitrogen and oxygen atoms in total. The SMILES string of the molecule is CC(C)Oc1ccc2c(c1)OC[C@@H]1[C@@H]2CC[C@]2(C)C(=O)CC[C@@H]12. The number of hydrogen-bond donors (Lipinski definition) is 0. The van der Waals surface area contributed by atoms with E-state index in [1.54, 1.807) is 0 Å². The van der Waals surface area contributed by atoms with Gasteiger partial charge in [-0.1, -0.05) is 13.0 Å². The number of ether oxygens (including phenoxy) is 2. The third-order valence-electron chi connectivity index (χ3n) is 6.33. The number of fused-ring (bicyclic) bond motifs is 5. The van der Waals surface area contributed by atoms with Gasteiger partial charge >= 0.3 is 0 Å². The molecule has 2 aliphatic carbocycles. The Kier molecular flexibility index (Phi) is 3.44. The zero-order valence-corrected chi connectivity index (χ0v) is 14.3. The molecule has 0 radical (unpaired) electrons. The average molecular weight is 314 g/mol. The quantitative estimate of drug-likeness (QED) is 0.814. The lowest BCUT2D eigenvalue weighted by atomic mass is 9.58. The van der Waals surface area contributed by atoms with Gasteiger partial charge in [0.2, 0.25) is 0 Å².